The zero-order valence-corrected chi connectivity index (χ0v) is 15.7. The molecule has 0 amide bonds. The molecule has 142 valence electrons. The summed E-state index contributed by atoms with van der Waals surface area (Å²) in [5.41, 5.74) is 0.612. The second kappa shape index (κ2) is 8.72. The van der Waals surface area contributed by atoms with Crippen LogP contribution in [0, 0.1) is 17.2 Å². The van der Waals surface area contributed by atoms with Crippen LogP contribution in [0.5, 0.6) is 5.75 Å². The minimum Gasteiger partial charge on any atom is -0.497 e. The minimum atomic E-state index is -0.648. The summed E-state index contributed by atoms with van der Waals surface area (Å²) in [6.07, 6.45) is 2.31. The third-order valence-corrected chi connectivity index (χ3v) is 5.53. The van der Waals surface area contributed by atoms with Crippen LogP contribution in [-0.2, 0) is 0 Å². The zero-order valence-electron chi connectivity index (χ0n) is 15.7. The van der Waals surface area contributed by atoms with Crippen LogP contribution in [0.4, 0.5) is 5.69 Å². The van der Waals surface area contributed by atoms with Crippen LogP contribution >= 0.6 is 0 Å². The van der Waals surface area contributed by atoms with Gasteiger partial charge >= 0.3 is 0 Å². The number of nitrogens with zero attached hydrogens (tertiary/aromatic N) is 3. The summed E-state index contributed by atoms with van der Waals surface area (Å²) in [7, 11) is 1.69. The SMILES string of the molecule is COc1ccc(N2CCN(CCCNCC3(O)CC(C#N)C3)CC2)cc1. The van der Waals surface area contributed by atoms with Crippen LogP contribution in [-0.4, -0.2) is 68.5 Å². The highest BCUT2D eigenvalue weighted by Crippen LogP contribution is 2.36. The fraction of sp³-hybridized carbons (Fsp3) is 0.650. The molecule has 26 heavy (non-hydrogen) atoms. The molecule has 2 N–H and O–H groups in total. The number of nitrogens with one attached hydrogen (secondary N) is 1. The number of ether oxygens (including phenoxy) is 1. The molecule has 0 atom stereocenters. The molecule has 1 aromatic carbocycles. The van der Waals surface area contributed by atoms with Crippen molar-refractivity contribution in [2.24, 2.45) is 5.92 Å². The van der Waals surface area contributed by atoms with Crippen molar-refractivity contribution in [3.05, 3.63) is 24.3 Å². The van der Waals surface area contributed by atoms with Crippen LogP contribution in [0.15, 0.2) is 24.3 Å². The molecule has 0 aromatic heterocycles. The number of benzene rings is 1. The molecule has 0 unspecified atom stereocenters. The fourth-order valence-electron chi connectivity index (χ4n) is 3.86. The Morgan fingerprint density at radius 3 is 2.54 bits per heavy atom. The minimum absolute atomic E-state index is 0.0452. The third kappa shape index (κ3) is 4.88. The summed E-state index contributed by atoms with van der Waals surface area (Å²) in [4.78, 5) is 4.93. The molecule has 1 heterocycles. The van der Waals surface area contributed by atoms with Gasteiger partial charge in [0, 0.05) is 38.4 Å². The number of hydrogen-bond donors (Lipinski definition) is 2. The Morgan fingerprint density at radius 2 is 1.92 bits per heavy atom. The molecule has 2 fully saturated rings. The molecule has 0 spiro atoms. The highest BCUT2D eigenvalue weighted by atomic mass is 16.5. The number of methoxy groups -OCH3 is 1. The van der Waals surface area contributed by atoms with Gasteiger partial charge in [-0.3, -0.25) is 4.90 Å². The standard InChI is InChI=1S/C20H30N4O2/c1-26-19-5-3-18(4-6-19)24-11-9-23(10-12-24)8-2-7-22-16-20(25)13-17(14-20)15-21/h3-6,17,22,25H,2,7-14,16H2,1H3. The summed E-state index contributed by atoms with van der Waals surface area (Å²) in [6, 6.07) is 10.5. The van der Waals surface area contributed by atoms with Gasteiger partial charge in [-0.15, -0.1) is 0 Å². The number of anilines is 1. The second-order valence-electron chi connectivity index (χ2n) is 7.52. The van der Waals surface area contributed by atoms with E-state index in [0.717, 1.165) is 51.4 Å². The van der Waals surface area contributed by atoms with Crippen molar-refractivity contribution in [2.75, 3.05) is 57.8 Å². The van der Waals surface area contributed by atoms with Gasteiger partial charge in [-0.1, -0.05) is 0 Å². The summed E-state index contributed by atoms with van der Waals surface area (Å²) in [5, 5.41) is 22.3. The molecule has 1 saturated heterocycles. The summed E-state index contributed by atoms with van der Waals surface area (Å²) < 4.78 is 5.22. The van der Waals surface area contributed by atoms with E-state index < -0.39 is 5.60 Å². The van der Waals surface area contributed by atoms with Crippen molar-refractivity contribution in [3.8, 4) is 11.8 Å². The van der Waals surface area contributed by atoms with Crippen molar-refractivity contribution in [1.82, 2.24) is 10.2 Å². The summed E-state index contributed by atoms with van der Waals surface area (Å²) in [5.74, 6) is 0.943. The largest absolute Gasteiger partial charge is 0.497 e. The normalized spacial score (nSPS) is 26.2. The van der Waals surface area contributed by atoms with Crippen molar-refractivity contribution in [3.63, 3.8) is 0 Å². The van der Waals surface area contributed by atoms with Gasteiger partial charge in [0.15, 0.2) is 0 Å². The van der Waals surface area contributed by atoms with Gasteiger partial charge in [0.05, 0.1) is 24.7 Å². The van der Waals surface area contributed by atoms with E-state index in [0.29, 0.717) is 19.4 Å². The maximum atomic E-state index is 10.2. The molecule has 2 aliphatic rings. The van der Waals surface area contributed by atoms with Gasteiger partial charge in [0.25, 0.3) is 0 Å². The molecule has 1 aromatic rings. The average molecular weight is 358 g/mol. The maximum absolute atomic E-state index is 10.2. The lowest BCUT2D eigenvalue weighted by Crippen LogP contribution is -2.51. The quantitative estimate of drug-likeness (QED) is 0.686. The van der Waals surface area contributed by atoms with E-state index in [1.54, 1.807) is 7.11 Å². The Kier molecular flexibility index (Phi) is 6.36. The zero-order chi connectivity index (χ0) is 18.4. The first-order valence-corrected chi connectivity index (χ1v) is 9.56. The molecule has 1 saturated carbocycles. The van der Waals surface area contributed by atoms with Gasteiger partial charge in [-0.25, -0.2) is 0 Å². The molecule has 1 aliphatic heterocycles. The van der Waals surface area contributed by atoms with Gasteiger partial charge < -0.3 is 20.1 Å². The number of piperazine rings is 1. The van der Waals surface area contributed by atoms with E-state index >= 15 is 0 Å². The molecule has 1 aliphatic carbocycles. The molecular weight excluding hydrogens is 328 g/mol. The molecule has 6 nitrogen and oxygen atoms in total. The second-order valence-corrected chi connectivity index (χ2v) is 7.52. The lowest BCUT2D eigenvalue weighted by atomic mass is 9.71. The van der Waals surface area contributed by atoms with Gasteiger partial charge in [-0.2, -0.15) is 5.26 Å². The first-order valence-electron chi connectivity index (χ1n) is 9.56. The molecule has 3 rings (SSSR count). The van der Waals surface area contributed by atoms with E-state index in [-0.39, 0.29) is 5.92 Å². The molecule has 6 heteroatoms. The topological polar surface area (TPSA) is 71.8 Å². The predicted molar refractivity (Wildman–Crippen MR) is 102 cm³/mol. The number of aliphatic hydroxyl groups is 1. The lowest BCUT2D eigenvalue weighted by molar-refractivity contribution is -0.0543. The summed E-state index contributed by atoms with van der Waals surface area (Å²) >= 11 is 0. The van der Waals surface area contributed by atoms with E-state index in [2.05, 4.69) is 33.3 Å². The Morgan fingerprint density at radius 1 is 1.23 bits per heavy atom. The van der Waals surface area contributed by atoms with Gasteiger partial charge in [0.1, 0.15) is 5.75 Å². The van der Waals surface area contributed by atoms with Gasteiger partial charge in [-0.05, 0) is 56.6 Å². The fourth-order valence-corrected chi connectivity index (χ4v) is 3.86. The van der Waals surface area contributed by atoms with Crippen molar-refractivity contribution in [1.29, 1.82) is 5.26 Å². The smallest absolute Gasteiger partial charge is 0.119 e. The Labute approximate surface area is 156 Å². The number of hydrogen-bond acceptors (Lipinski definition) is 6. The highest BCUT2D eigenvalue weighted by molar-refractivity contribution is 5.49. The van der Waals surface area contributed by atoms with Crippen molar-refractivity contribution in [2.45, 2.75) is 24.9 Å². The lowest BCUT2D eigenvalue weighted by Gasteiger charge is -2.40. The number of rotatable bonds is 8. The van der Waals surface area contributed by atoms with Gasteiger partial charge in [0.2, 0.25) is 0 Å². The van der Waals surface area contributed by atoms with Crippen LogP contribution in [0.1, 0.15) is 19.3 Å². The first kappa shape index (κ1) is 19.0. The summed E-state index contributed by atoms with van der Waals surface area (Å²) in [6.45, 7) is 6.88. The Hall–Kier alpha value is -1.81. The molecule has 0 radical (unpaired) electrons. The van der Waals surface area contributed by atoms with E-state index in [9.17, 15) is 5.11 Å². The van der Waals surface area contributed by atoms with Crippen molar-refractivity contribution < 1.29 is 9.84 Å². The van der Waals surface area contributed by atoms with E-state index in [4.69, 9.17) is 10.00 Å². The Balaban J connectivity index is 1.28. The number of nitriles is 1. The monoisotopic (exact) mass is 358 g/mol. The highest BCUT2D eigenvalue weighted by Gasteiger charge is 2.42. The average Bonchev–Trinajstić information content (AvgIpc) is 2.66. The first-order chi connectivity index (χ1) is 12.6. The maximum Gasteiger partial charge on any atom is 0.119 e. The third-order valence-electron chi connectivity index (χ3n) is 5.53. The van der Waals surface area contributed by atoms with E-state index in [1.807, 2.05) is 12.1 Å². The van der Waals surface area contributed by atoms with Crippen molar-refractivity contribution >= 4 is 5.69 Å². The van der Waals surface area contributed by atoms with Crippen LogP contribution in [0.3, 0.4) is 0 Å². The van der Waals surface area contributed by atoms with E-state index in [1.165, 1.54) is 5.69 Å². The Bertz CT molecular complexity index is 599. The molecule has 0 bridgehead atoms. The van der Waals surface area contributed by atoms with Crippen LogP contribution in [0.25, 0.3) is 0 Å². The molecular formula is C20H30N4O2. The van der Waals surface area contributed by atoms with Crippen LogP contribution in [0.2, 0.25) is 0 Å². The van der Waals surface area contributed by atoms with Crippen LogP contribution < -0.4 is 15.0 Å². The predicted octanol–water partition coefficient (Wildman–Crippen LogP) is 1.46.